The fraction of sp³-hybridized carbons (Fsp3) is 0.867. The lowest BCUT2D eigenvalue weighted by molar-refractivity contribution is -0.132. The molecule has 6 nitrogen and oxygen atoms in total. The number of hydrogen-bond donors (Lipinski definition) is 3. The van der Waals surface area contributed by atoms with E-state index in [-0.39, 0.29) is 49.7 Å². The van der Waals surface area contributed by atoms with Crippen LogP contribution in [0, 0.1) is 5.92 Å². The molecule has 1 atom stereocenters. The molecule has 0 aliphatic heterocycles. The fourth-order valence-corrected chi connectivity index (χ4v) is 1.95. The van der Waals surface area contributed by atoms with Crippen LogP contribution in [0.1, 0.15) is 40.5 Å². The molecule has 0 radical (unpaired) electrons. The molecule has 0 aromatic heterocycles. The summed E-state index contributed by atoms with van der Waals surface area (Å²) in [7, 11) is 0. The Balaban J connectivity index is 0. The number of rotatable bonds is 9. The number of alkyl carbamates (subject to hydrolysis) is 1. The van der Waals surface area contributed by atoms with E-state index in [1.54, 1.807) is 6.92 Å². The summed E-state index contributed by atoms with van der Waals surface area (Å²) < 4.78 is 41.5. The van der Waals surface area contributed by atoms with Crippen molar-refractivity contribution >= 4 is 36.0 Å². The maximum atomic E-state index is 12.2. The molecule has 0 spiro atoms. The van der Waals surface area contributed by atoms with Gasteiger partial charge in [-0.2, -0.15) is 13.2 Å². The SMILES string of the molecule is CCNC(=NCC(CC(C)C)NC(=O)OCC)NCCC(F)(F)F.I. The molecule has 1 unspecified atom stereocenters. The average Bonchev–Trinajstić information content (AvgIpc) is 2.42. The van der Waals surface area contributed by atoms with Gasteiger partial charge in [-0.25, -0.2) is 4.79 Å². The summed E-state index contributed by atoms with van der Waals surface area (Å²) in [5.74, 6) is 0.620. The van der Waals surface area contributed by atoms with E-state index in [9.17, 15) is 18.0 Å². The molecule has 10 heteroatoms. The number of halogens is 4. The van der Waals surface area contributed by atoms with E-state index in [0.29, 0.717) is 24.8 Å². The second-order valence-corrected chi connectivity index (χ2v) is 5.70. The number of amides is 1. The zero-order valence-corrected chi connectivity index (χ0v) is 17.5. The van der Waals surface area contributed by atoms with Crippen molar-refractivity contribution in [1.82, 2.24) is 16.0 Å². The first-order valence-corrected chi connectivity index (χ1v) is 8.20. The maximum Gasteiger partial charge on any atom is 0.407 e. The van der Waals surface area contributed by atoms with Crippen LogP contribution in [0.5, 0.6) is 0 Å². The van der Waals surface area contributed by atoms with Gasteiger partial charge in [0.05, 0.1) is 25.6 Å². The van der Waals surface area contributed by atoms with Crippen molar-refractivity contribution in [2.75, 3.05) is 26.2 Å². The van der Waals surface area contributed by atoms with Crippen molar-refractivity contribution in [3.8, 4) is 0 Å². The van der Waals surface area contributed by atoms with Gasteiger partial charge in [-0.3, -0.25) is 4.99 Å². The van der Waals surface area contributed by atoms with Crippen LogP contribution < -0.4 is 16.0 Å². The molecule has 0 fully saturated rings. The van der Waals surface area contributed by atoms with Crippen molar-refractivity contribution in [3.05, 3.63) is 0 Å². The van der Waals surface area contributed by atoms with Crippen LogP contribution in [-0.2, 0) is 4.74 Å². The monoisotopic (exact) mass is 482 g/mol. The van der Waals surface area contributed by atoms with Crippen LogP contribution in [0.15, 0.2) is 4.99 Å². The van der Waals surface area contributed by atoms with Crippen molar-refractivity contribution in [2.24, 2.45) is 10.9 Å². The van der Waals surface area contributed by atoms with Crippen molar-refractivity contribution < 1.29 is 22.7 Å². The summed E-state index contributed by atoms with van der Waals surface area (Å²) in [6, 6.07) is -0.248. The van der Waals surface area contributed by atoms with Crippen LogP contribution in [-0.4, -0.2) is 50.5 Å². The number of aliphatic imine (C=N–C) groups is 1. The van der Waals surface area contributed by atoms with Crippen LogP contribution in [0.4, 0.5) is 18.0 Å². The predicted molar refractivity (Wildman–Crippen MR) is 103 cm³/mol. The standard InChI is InChI=1S/C15H29F3N4O2.HI/c1-5-19-13(20-8-7-15(16,17)18)21-10-12(9-11(3)4)22-14(23)24-6-2;/h11-12H,5-10H2,1-4H3,(H,22,23)(H2,19,20,21);1H. The minimum atomic E-state index is -4.21. The van der Waals surface area contributed by atoms with Gasteiger partial charge >= 0.3 is 12.3 Å². The Morgan fingerprint density at radius 3 is 2.32 bits per heavy atom. The van der Waals surface area contributed by atoms with Crippen LogP contribution in [0.25, 0.3) is 0 Å². The molecule has 0 saturated carbocycles. The zero-order valence-electron chi connectivity index (χ0n) is 15.2. The zero-order chi connectivity index (χ0) is 18.6. The van der Waals surface area contributed by atoms with E-state index in [4.69, 9.17) is 4.74 Å². The number of nitrogens with zero attached hydrogens (tertiary/aromatic N) is 1. The average molecular weight is 482 g/mol. The van der Waals surface area contributed by atoms with E-state index >= 15 is 0 Å². The third-order valence-corrected chi connectivity index (χ3v) is 2.87. The number of ether oxygens (including phenoxy) is 1. The van der Waals surface area contributed by atoms with E-state index in [1.807, 2.05) is 20.8 Å². The van der Waals surface area contributed by atoms with E-state index < -0.39 is 18.7 Å². The summed E-state index contributed by atoms with van der Waals surface area (Å²) in [5.41, 5.74) is 0. The summed E-state index contributed by atoms with van der Waals surface area (Å²) in [6.45, 7) is 8.34. The molecule has 3 N–H and O–H groups in total. The van der Waals surface area contributed by atoms with Crippen molar-refractivity contribution in [2.45, 2.75) is 52.8 Å². The molecule has 1 amide bonds. The lowest BCUT2D eigenvalue weighted by Crippen LogP contribution is -2.42. The van der Waals surface area contributed by atoms with E-state index in [1.165, 1.54) is 0 Å². The minimum Gasteiger partial charge on any atom is -0.450 e. The largest absolute Gasteiger partial charge is 0.450 e. The Hall–Kier alpha value is -0.940. The Morgan fingerprint density at radius 2 is 1.84 bits per heavy atom. The topological polar surface area (TPSA) is 74.8 Å². The summed E-state index contributed by atoms with van der Waals surface area (Å²) in [5, 5.41) is 8.25. The molecule has 0 aliphatic carbocycles. The smallest absolute Gasteiger partial charge is 0.407 e. The number of hydrogen-bond acceptors (Lipinski definition) is 3. The Morgan fingerprint density at radius 1 is 1.20 bits per heavy atom. The van der Waals surface area contributed by atoms with Crippen LogP contribution >= 0.6 is 24.0 Å². The molecule has 0 aliphatic rings. The molecule has 0 aromatic rings. The quantitative estimate of drug-likeness (QED) is 0.268. The second-order valence-electron chi connectivity index (χ2n) is 5.70. The molecular weight excluding hydrogens is 452 g/mol. The van der Waals surface area contributed by atoms with Gasteiger partial charge in [0.2, 0.25) is 0 Å². The number of nitrogens with one attached hydrogen (secondary N) is 3. The predicted octanol–water partition coefficient (Wildman–Crippen LogP) is 3.27. The lowest BCUT2D eigenvalue weighted by atomic mass is 10.0. The Kier molecular flexibility index (Phi) is 15.0. The highest BCUT2D eigenvalue weighted by atomic mass is 127. The maximum absolute atomic E-state index is 12.2. The molecule has 0 saturated heterocycles. The molecule has 0 heterocycles. The lowest BCUT2D eigenvalue weighted by Gasteiger charge is -2.19. The fourth-order valence-electron chi connectivity index (χ4n) is 1.95. The summed E-state index contributed by atoms with van der Waals surface area (Å²) in [6.07, 6.45) is -4.98. The normalized spacial score (nSPS) is 13.0. The van der Waals surface area contributed by atoms with E-state index in [0.717, 1.165) is 0 Å². The van der Waals surface area contributed by atoms with Crippen molar-refractivity contribution in [3.63, 3.8) is 0 Å². The Bertz CT molecular complexity index is 393. The van der Waals surface area contributed by atoms with Gasteiger partial charge in [-0.1, -0.05) is 13.8 Å². The van der Waals surface area contributed by atoms with Gasteiger partial charge in [0.15, 0.2) is 5.96 Å². The molecule has 150 valence electrons. The number of alkyl halides is 3. The highest BCUT2D eigenvalue weighted by Crippen LogP contribution is 2.18. The summed E-state index contributed by atoms with van der Waals surface area (Å²) in [4.78, 5) is 15.8. The van der Waals surface area contributed by atoms with Gasteiger partial charge < -0.3 is 20.7 Å². The summed E-state index contributed by atoms with van der Waals surface area (Å²) >= 11 is 0. The third kappa shape index (κ3) is 16.3. The highest BCUT2D eigenvalue weighted by Gasteiger charge is 2.26. The highest BCUT2D eigenvalue weighted by molar-refractivity contribution is 14.0. The van der Waals surface area contributed by atoms with Gasteiger partial charge in [0.25, 0.3) is 0 Å². The first kappa shape index (κ1) is 26.3. The minimum absolute atomic E-state index is 0. The van der Waals surface area contributed by atoms with Crippen molar-refractivity contribution in [1.29, 1.82) is 0 Å². The molecule has 25 heavy (non-hydrogen) atoms. The van der Waals surface area contributed by atoms with Gasteiger partial charge in [-0.15, -0.1) is 24.0 Å². The van der Waals surface area contributed by atoms with Gasteiger partial charge in [-0.05, 0) is 26.2 Å². The molecule has 0 aromatic carbocycles. The Labute approximate surface area is 164 Å². The number of carbonyl (C=O) groups is 1. The second kappa shape index (κ2) is 14.3. The van der Waals surface area contributed by atoms with E-state index in [2.05, 4.69) is 20.9 Å². The number of carbonyl (C=O) groups excluding carboxylic acids is 1. The van der Waals surface area contributed by atoms with Crippen LogP contribution in [0.3, 0.4) is 0 Å². The molecule has 0 bridgehead atoms. The van der Waals surface area contributed by atoms with Gasteiger partial charge in [0, 0.05) is 13.1 Å². The van der Waals surface area contributed by atoms with Gasteiger partial charge in [0.1, 0.15) is 0 Å². The first-order valence-electron chi connectivity index (χ1n) is 8.20. The first-order chi connectivity index (χ1) is 11.2. The molecular formula is C15H30F3IN4O2. The third-order valence-electron chi connectivity index (χ3n) is 2.87. The number of guanidine groups is 1. The van der Waals surface area contributed by atoms with Crippen LogP contribution in [0.2, 0.25) is 0 Å². The molecule has 0 rings (SSSR count).